The molecule has 108 valence electrons. The van der Waals surface area contributed by atoms with E-state index in [2.05, 4.69) is 26.5 Å². The molecule has 0 atom stereocenters. The number of carbonyl (C=O) groups excluding carboxylic acids is 1. The van der Waals surface area contributed by atoms with Crippen molar-refractivity contribution in [3.05, 3.63) is 63.6 Å². The molecule has 0 radical (unpaired) electrons. The van der Waals surface area contributed by atoms with Gasteiger partial charge in [-0.1, -0.05) is 46.3 Å². The highest BCUT2D eigenvalue weighted by molar-refractivity contribution is 9.10. The van der Waals surface area contributed by atoms with Crippen LogP contribution in [0.5, 0.6) is 5.75 Å². The molecule has 0 fully saturated rings. The molecule has 0 bridgehead atoms. The minimum absolute atomic E-state index is 0.152. The zero-order chi connectivity index (χ0) is 15.2. The maximum atomic E-state index is 11.7. The lowest BCUT2D eigenvalue weighted by molar-refractivity contribution is -0.120. The van der Waals surface area contributed by atoms with Crippen molar-refractivity contribution in [2.75, 3.05) is 0 Å². The van der Waals surface area contributed by atoms with E-state index in [-0.39, 0.29) is 18.1 Å². The third-order valence-electron chi connectivity index (χ3n) is 2.90. The minimum Gasteiger partial charge on any atom is -0.507 e. The number of phenolic OH excluding ortho intramolecular Hbond substituents is 1. The number of aromatic hydroxyl groups is 1. The van der Waals surface area contributed by atoms with Crippen LogP contribution in [0.3, 0.4) is 0 Å². The maximum Gasteiger partial charge on any atom is 0.244 e. The topological polar surface area (TPSA) is 61.7 Å². The van der Waals surface area contributed by atoms with Crippen LogP contribution in [0.25, 0.3) is 0 Å². The average molecular weight is 347 g/mol. The number of halogens is 1. The molecular formula is C16H15BrN2O2. The van der Waals surface area contributed by atoms with Crippen LogP contribution in [-0.2, 0) is 11.2 Å². The summed E-state index contributed by atoms with van der Waals surface area (Å²) in [6, 6.07) is 13.0. The van der Waals surface area contributed by atoms with Crippen molar-refractivity contribution in [3.63, 3.8) is 0 Å². The summed E-state index contributed by atoms with van der Waals surface area (Å²) in [5, 5.41) is 13.8. The first-order valence-electron chi connectivity index (χ1n) is 6.41. The lowest BCUT2D eigenvalue weighted by atomic mass is 10.1. The summed E-state index contributed by atoms with van der Waals surface area (Å²) >= 11 is 3.35. The van der Waals surface area contributed by atoms with Gasteiger partial charge in [-0.25, -0.2) is 5.43 Å². The molecule has 0 spiro atoms. The van der Waals surface area contributed by atoms with E-state index in [1.807, 2.05) is 30.3 Å². The van der Waals surface area contributed by atoms with Gasteiger partial charge in [-0.3, -0.25) is 4.79 Å². The SMILES string of the molecule is Cc1cc(Br)cc(C=NNC(=O)Cc2ccccc2)c1O. The third-order valence-corrected chi connectivity index (χ3v) is 3.35. The van der Waals surface area contributed by atoms with Crippen LogP contribution in [0.1, 0.15) is 16.7 Å². The molecule has 0 unspecified atom stereocenters. The van der Waals surface area contributed by atoms with Gasteiger partial charge >= 0.3 is 0 Å². The smallest absolute Gasteiger partial charge is 0.244 e. The summed E-state index contributed by atoms with van der Waals surface area (Å²) in [4.78, 5) is 11.7. The molecule has 0 aliphatic rings. The summed E-state index contributed by atoms with van der Waals surface area (Å²) in [5.41, 5.74) is 4.65. The van der Waals surface area contributed by atoms with E-state index in [1.165, 1.54) is 6.21 Å². The molecular weight excluding hydrogens is 332 g/mol. The highest BCUT2D eigenvalue weighted by Gasteiger charge is 2.05. The number of aryl methyl sites for hydroxylation is 1. The summed E-state index contributed by atoms with van der Waals surface area (Å²) in [5.74, 6) is -0.0529. The summed E-state index contributed by atoms with van der Waals surface area (Å²) in [6.07, 6.45) is 1.69. The van der Waals surface area contributed by atoms with Gasteiger partial charge in [0.2, 0.25) is 5.91 Å². The van der Waals surface area contributed by atoms with Gasteiger partial charge in [0.1, 0.15) is 5.75 Å². The fraction of sp³-hybridized carbons (Fsp3) is 0.125. The predicted molar refractivity (Wildman–Crippen MR) is 86.4 cm³/mol. The van der Waals surface area contributed by atoms with Crippen LogP contribution in [0.15, 0.2) is 52.0 Å². The second-order valence-electron chi connectivity index (χ2n) is 4.62. The average Bonchev–Trinajstić information content (AvgIpc) is 2.45. The van der Waals surface area contributed by atoms with Crippen LogP contribution in [-0.4, -0.2) is 17.2 Å². The largest absolute Gasteiger partial charge is 0.507 e. The minimum atomic E-state index is -0.205. The molecule has 2 N–H and O–H groups in total. The quantitative estimate of drug-likeness (QED) is 0.659. The van der Waals surface area contributed by atoms with Crippen molar-refractivity contribution in [1.82, 2.24) is 5.43 Å². The van der Waals surface area contributed by atoms with E-state index < -0.39 is 0 Å². The predicted octanol–water partition coefficient (Wildman–Crippen LogP) is 3.16. The normalized spacial score (nSPS) is 10.8. The number of carbonyl (C=O) groups is 1. The number of amides is 1. The van der Waals surface area contributed by atoms with E-state index in [0.29, 0.717) is 5.56 Å². The first-order valence-corrected chi connectivity index (χ1v) is 7.20. The molecule has 2 aromatic carbocycles. The van der Waals surface area contributed by atoms with Gasteiger partial charge in [-0.15, -0.1) is 0 Å². The van der Waals surface area contributed by atoms with Crippen molar-refractivity contribution in [2.45, 2.75) is 13.3 Å². The summed E-state index contributed by atoms with van der Waals surface area (Å²) < 4.78 is 0.842. The Balaban J connectivity index is 1.98. The van der Waals surface area contributed by atoms with Crippen molar-refractivity contribution in [2.24, 2.45) is 5.10 Å². The van der Waals surface area contributed by atoms with E-state index in [0.717, 1.165) is 15.6 Å². The zero-order valence-corrected chi connectivity index (χ0v) is 13.1. The molecule has 4 nitrogen and oxygen atoms in total. The van der Waals surface area contributed by atoms with Gasteiger partial charge < -0.3 is 5.11 Å². The second-order valence-corrected chi connectivity index (χ2v) is 5.53. The van der Waals surface area contributed by atoms with Crippen LogP contribution >= 0.6 is 15.9 Å². The first kappa shape index (κ1) is 15.3. The van der Waals surface area contributed by atoms with Crippen LogP contribution in [0.2, 0.25) is 0 Å². The van der Waals surface area contributed by atoms with E-state index in [9.17, 15) is 9.90 Å². The summed E-state index contributed by atoms with van der Waals surface area (Å²) in [7, 11) is 0. The second kappa shape index (κ2) is 7.04. The van der Waals surface area contributed by atoms with Crippen molar-refractivity contribution in [3.8, 4) is 5.75 Å². The Morgan fingerprint density at radius 3 is 2.76 bits per heavy atom. The molecule has 0 saturated carbocycles. The van der Waals surface area contributed by atoms with E-state index >= 15 is 0 Å². The standard InChI is InChI=1S/C16H15BrN2O2/c1-11-7-14(17)9-13(16(11)21)10-18-19-15(20)8-12-5-3-2-4-6-12/h2-7,9-10,21H,8H2,1H3,(H,19,20). The third kappa shape index (κ3) is 4.43. The Bertz CT molecular complexity index is 669. The van der Waals surface area contributed by atoms with E-state index in [1.54, 1.807) is 19.1 Å². The fourth-order valence-electron chi connectivity index (χ4n) is 1.85. The first-order chi connectivity index (χ1) is 10.1. The van der Waals surface area contributed by atoms with Crippen molar-refractivity contribution >= 4 is 28.1 Å². The Morgan fingerprint density at radius 1 is 1.33 bits per heavy atom. The maximum absolute atomic E-state index is 11.7. The van der Waals surface area contributed by atoms with E-state index in [4.69, 9.17) is 0 Å². The summed E-state index contributed by atoms with van der Waals surface area (Å²) in [6.45, 7) is 1.80. The Labute approximate surface area is 131 Å². The van der Waals surface area contributed by atoms with Gasteiger partial charge in [0.15, 0.2) is 0 Å². The lowest BCUT2D eigenvalue weighted by Crippen LogP contribution is -2.19. The number of rotatable bonds is 4. The molecule has 2 rings (SSSR count). The Kier molecular flexibility index (Phi) is 5.11. The van der Waals surface area contributed by atoms with Gasteiger partial charge in [-0.2, -0.15) is 5.10 Å². The molecule has 0 aliphatic heterocycles. The monoisotopic (exact) mass is 346 g/mol. The number of nitrogens with zero attached hydrogens (tertiary/aromatic N) is 1. The molecule has 0 aromatic heterocycles. The molecule has 5 heteroatoms. The Morgan fingerprint density at radius 2 is 2.05 bits per heavy atom. The van der Waals surface area contributed by atoms with Crippen LogP contribution < -0.4 is 5.43 Å². The molecule has 21 heavy (non-hydrogen) atoms. The number of hydrazone groups is 1. The van der Waals surface area contributed by atoms with Gasteiger partial charge in [0.05, 0.1) is 12.6 Å². The fourth-order valence-corrected chi connectivity index (χ4v) is 2.44. The molecule has 0 heterocycles. The lowest BCUT2D eigenvalue weighted by Gasteiger charge is -2.04. The van der Waals surface area contributed by atoms with Gasteiger partial charge in [-0.05, 0) is 30.2 Å². The number of hydrogen-bond acceptors (Lipinski definition) is 3. The van der Waals surface area contributed by atoms with Crippen molar-refractivity contribution in [1.29, 1.82) is 0 Å². The number of hydrogen-bond donors (Lipinski definition) is 2. The van der Waals surface area contributed by atoms with Crippen molar-refractivity contribution < 1.29 is 9.90 Å². The number of benzene rings is 2. The highest BCUT2D eigenvalue weighted by atomic mass is 79.9. The van der Waals surface area contributed by atoms with Crippen LogP contribution in [0, 0.1) is 6.92 Å². The number of phenols is 1. The molecule has 0 aliphatic carbocycles. The number of nitrogens with one attached hydrogen (secondary N) is 1. The molecule has 2 aromatic rings. The van der Waals surface area contributed by atoms with Gasteiger partial charge in [0.25, 0.3) is 0 Å². The zero-order valence-electron chi connectivity index (χ0n) is 11.5. The highest BCUT2D eigenvalue weighted by Crippen LogP contribution is 2.25. The molecule has 0 saturated heterocycles. The van der Waals surface area contributed by atoms with Gasteiger partial charge in [0, 0.05) is 10.0 Å². The van der Waals surface area contributed by atoms with Crippen LogP contribution in [0.4, 0.5) is 0 Å². The molecule has 1 amide bonds. The Hall–Kier alpha value is -2.14.